The largest absolute Gasteiger partial charge is 0.203 e. The third kappa shape index (κ3) is 6.17. The van der Waals surface area contributed by atoms with E-state index in [0.717, 1.165) is 54.4 Å². The van der Waals surface area contributed by atoms with Crippen LogP contribution in [0.25, 0.3) is 5.57 Å². The summed E-state index contributed by atoms with van der Waals surface area (Å²) >= 11 is 0. The van der Waals surface area contributed by atoms with Gasteiger partial charge in [0.1, 0.15) is 0 Å². The maximum atomic E-state index is 14.4. The van der Waals surface area contributed by atoms with Crippen molar-refractivity contribution in [3.8, 4) is 0 Å². The van der Waals surface area contributed by atoms with E-state index in [1.807, 2.05) is 0 Å². The Balaban J connectivity index is 1.22. The van der Waals surface area contributed by atoms with Gasteiger partial charge in [-0.3, -0.25) is 0 Å². The van der Waals surface area contributed by atoms with Crippen LogP contribution in [-0.4, -0.2) is 0 Å². The van der Waals surface area contributed by atoms with E-state index in [0.29, 0.717) is 11.1 Å². The van der Waals surface area contributed by atoms with Crippen LogP contribution in [0.4, 0.5) is 8.78 Å². The SMILES string of the molecule is CCC/C=C\CC1CCC(C2CCC(C3CC=C(c4ccc(C)c(F)c4F)CC3)CC2)CC1. The molecule has 2 fully saturated rings. The van der Waals surface area contributed by atoms with E-state index < -0.39 is 11.6 Å². The zero-order valence-electron chi connectivity index (χ0n) is 20.9. The number of halogens is 2. The lowest BCUT2D eigenvalue weighted by molar-refractivity contribution is 0.123. The van der Waals surface area contributed by atoms with Crippen LogP contribution in [0.5, 0.6) is 0 Å². The second-order valence-electron chi connectivity index (χ2n) is 11.3. The molecule has 2 heteroatoms. The summed E-state index contributed by atoms with van der Waals surface area (Å²) in [6.07, 6.45) is 25.3. The first-order valence-electron chi connectivity index (χ1n) is 13.9. The molecule has 0 heterocycles. The molecule has 0 N–H and O–H groups in total. The third-order valence-corrected chi connectivity index (χ3v) is 9.21. The molecule has 182 valence electrons. The molecule has 3 aliphatic carbocycles. The van der Waals surface area contributed by atoms with Gasteiger partial charge in [0.2, 0.25) is 0 Å². The fraction of sp³-hybridized carbons (Fsp3) is 0.677. The highest BCUT2D eigenvalue weighted by Crippen LogP contribution is 2.46. The van der Waals surface area contributed by atoms with Crippen molar-refractivity contribution in [3.05, 3.63) is 53.1 Å². The zero-order chi connectivity index (χ0) is 23.2. The predicted molar refractivity (Wildman–Crippen MR) is 136 cm³/mol. The van der Waals surface area contributed by atoms with E-state index in [4.69, 9.17) is 0 Å². The number of rotatable bonds is 7. The molecule has 3 aliphatic rings. The number of allylic oxidation sites excluding steroid dienone is 4. The highest BCUT2D eigenvalue weighted by Gasteiger charge is 2.33. The fourth-order valence-electron chi connectivity index (χ4n) is 6.98. The highest BCUT2D eigenvalue weighted by molar-refractivity contribution is 5.67. The Morgan fingerprint density at radius 3 is 2.03 bits per heavy atom. The monoisotopic (exact) mass is 454 g/mol. The quantitative estimate of drug-likeness (QED) is 0.360. The van der Waals surface area contributed by atoms with Crippen LogP contribution in [0.3, 0.4) is 0 Å². The van der Waals surface area contributed by atoms with Gasteiger partial charge in [0, 0.05) is 5.56 Å². The Morgan fingerprint density at radius 1 is 0.788 bits per heavy atom. The van der Waals surface area contributed by atoms with Gasteiger partial charge in [-0.05, 0) is 131 Å². The second-order valence-corrected chi connectivity index (χ2v) is 11.3. The lowest BCUT2D eigenvalue weighted by Gasteiger charge is -2.40. The van der Waals surface area contributed by atoms with E-state index in [1.165, 1.54) is 70.6 Å². The molecule has 0 radical (unpaired) electrons. The molecule has 0 spiro atoms. The van der Waals surface area contributed by atoms with E-state index >= 15 is 0 Å². The molecule has 1 unspecified atom stereocenters. The van der Waals surface area contributed by atoms with Crippen LogP contribution >= 0.6 is 0 Å². The van der Waals surface area contributed by atoms with Crippen molar-refractivity contribution in [2.75, 3.05) is 0 Å². The Bertz CT molecular complexity index is 820. The fourth-order valence-corrected chi connectivity index (χ4v) is 6.98. The number of benzene rings is 1. The van der Waals surface area contributed by atoms with Gasteiger partial charge in [0.25, 0.3) is 0 Å². The molecule has 1 aromatic carbocycles. The molecule has 0 saturated heterocycles. The summed E-state index contributed by atoms with van der Waals surface area (Å²) in [7, 11) is 0. The van der Waals surface area contributed by atoms with Gasteiger partial charge in [0.15, 0.2) is 11.6 Å². The number of hydrogen-bond donors (Lipinski definition) is 0. The molecule has 1 aromatic rings. The summed E-state index contributed by atoms with van der Waals surface area (Å²) in [5.74, 6) is 3.08. The molecular formula is C31H44F2. The summed E-state index contributed by atoms with van der Waals surface area (Å²) in [5, 5.41) is 0. The maximum absolute atomic E-state index is 14.4. The van der Waals surface area contributed by atoms with Gasteiger partial charge in [-0.1, -0.05) is 43.7 Å². The van der Waals surface area contributed by atoms with Crippen LogP contribution in [0.2, 0.25) is 0 Å². The highest BCUT2D eigenvalue weighted by atomic mass is 19.2. The van der Waals surface area contributed by atoms with Crippen LogP contribution in [0.1, 0.15) is 108 Å². The van der Waals surface area contributed by atoms with Crippen molar-refractivity contribution >= 4 is 5.57 Å². The minimum Gasteiger partial charge on any atom is -0.203 e. The van der Waals surface area contributed by atoms with Crippen molar-refractivity contribution in [1.82, 2.24) is 0 Å². The third-order valence-electron chi connectivity index (χ3n) is 9.21. The number of aryl methyl sites for hydroxylation is 1. The topological polar surface area (TPSA) is 0 Å². The van der Waals surface area contributed by atoms with Crippen molar-refractivity contribution in [2.24, 2.45) is 29.6 Å². The second kappa shape index (κ2) is 11.8. The van der Waals surface area contributed by atoms with Crippen LogP contribution in [0, 0.1) is 48.1 Å². The molecule has 1 atom stereocenters. The first-order valence-corrected chi connectivity index (χ1v) is 13.9. The van der Waals surface area contributed by atoms with E-state index in [2.05, 4.69) is 25.2 Å². The van der Waals surface area contributed by atoms with E-state index in [1.54, 1.807) is 19.1 Å². The van der Waals surface area contributed by atoms with Crippen molar-refractivity contribution < 1.29 is 8.78 Å². The summed E-state index contributed by atoms with van der Waals surface area (Å²) in [6.45, 7) is 3.88. The lowest BCUT2D eigenvalue weighted by atomic mass is 9.65. The first-order chi connectivity index (χ1) is 16.1. The number of hydrogen-bond acceptors (Lipinski definition) is 0. The summed E-state index contributed by atoms with van der Waals surface area (Å²) in [6, 6.07) is 3.47. The number of unbranched alkanes of at least 4 members (excludes halogenated alkanes) is 1. The van der Waals surface area contributed by atoms with Gasteiger partial charge in [0.05, 0.1) is 0 Å². The molecule has 0 amide bonds. The van der Waals surface area contributed by atoms with E-state index in [9.17, 15) is 8.78 Å². The van der Waals surface area contributed by atoms with Crippen molar-refractivity contribution in [1.29, 1.82) is 0 Å². The van der Waals surface area contributed by atoms with Crippen molar-refractivity contribution in [2.45, 2.75) is 104 Å². The molecule has 0 bridgehead atoms. The molecule has 33 heavy (non-hydrogen) atoms. The molecule has 0 aromatic heterocycles. The molecule has 0 aliphatic heterocycles. The zero-order valence-corrected chi connectivity index (χ0v) is 20.9. The maximum Gasteiger partial charge on any atom is 0.166 e. The standard InChI is InChI=1S/C31H44F2/c1-3-4-5-6-7-23-9-11-24(12-10-23)25-13-15-26(16-14-25)27-17-19-28(20-18-27)29-21-8-22(2)30(32)31(29)33/h5-6,8,19,21,23-27H,3-4,7,9-18,20H2,1-2H3/b6-5-. The summed E-state index contributed by atoms with van der Waals surface area (Å²) in [5.41, 5.74) is 1.88. The summed E-state index contributed by atoms with van der Waals surface area (Å²) in [4.78, 5) is 0. The minimum absolute atomic E-state index is 0.389. The van der Waals surface area contributed by atoms with Gasteiger partial charge in [-0.15, -0.1) is 0 Å². The van der Waals surface area contributed by atoms with E-state index in [-0.39, 0.29) is 0 Å². The normalized spacial score (nSPS) is 31.0. The van der Waals surface area contributed by atoms with Crippen molar-refractivity contribution in [3.63, 3.8) is 0 Å². The Hall–Kier alpha value is -1.44. The van der Waals surface area contributed by atoms with Crippen LogP contribution in [0.15, 0.2) is 30.4 Å². The smallest absolute Gasteiger partial charge is 0.166 e. The summed E-state index contributed by atoms with van der Waals surface area (Å²) < 4.78 is 28.4. The minimum atomic E-state index is -0.684. The molecule has 2 saturated carbocycles. The van der Waals surface area contributed by atoms with Crippen LogP contribution < -0.4 is 0 Å². The average molecular weight is 455 g/mol. The van der Waals surface area contributed by atoms with Gasteiger partial charge >= 0.3 is 0 Å². The molecular weight excluding hydrogens is 410 g/mol. The van der Waals surface area contributed by atoms with Gasteiger partial charge in [-0.2, -0.15) is 0 Å². The van der Waals surface area contributed by atoms with Gasteiger partial charge < -0.3 is 0 Å². The van der Waals surface area contributed by atoms with Crippen LogP contribution in [-0.2, 0) is 0 Å². The Morgan fingerprint density at radius 2 is 1.42 bits per heavy atom. The first kappa shape index (κ1) is 24.7. The average Bonchev–Trinajstić information content (AvgIpc) is 2.86. The Labute approximate surface area is 200 Å². The Kier molecular flexibility index (Phi) is 8.83. The lowest BCUT2D eigenvalue weighted by Crippen LogP contribution is -2.28. The molecule has 0 nitrogen and oxygen atoms in total. The molecule has 4 rings (SSSR count). The van der Waals surface area contributed by atoms with Gasteiger partial charge in [-0.25, -0.2) is 8.78 Å². The predicted octanol–water partition coefficient (Wildman–Crippen LogP) is 9.82.